The first kappa shape index (κ1) is 11.7. The second-order valence-electron chi connectivity index (χ2n) is 4.90. The van der Waals surface area contributed by atoms with E-state index < -0.39 is 11.5 Å². The molecule has 6 nitrogen and oxygen atoms in total. The normalized spacial score (nSPS) is 24.5. The molecule has 0 saturated heterocycles. The van der Waals surface area contributed by atoms with Gasteiger partial charge in [0.15, 0.2) is 0 Å². The van der Waals surface area contributed by atoms with Crippen LogP contribution >= 0.6 is 0 Å². The molecule has 1 spiro atoms. The summed E-state index contributed by atoms with van der Waals surface area (Å²) >= 11 is 0. The van der Waals surface area contributed by atoms with Crippen LogP contribution in [0.25, 0.3) is 0 Å². The van der Waals surface area contributed by atoms with Gasteiger partial charge in [-0.3, -0.25) is 4.79 Å². The molecule has 2 aliphatic heterocycles. The molecule has 1 unspecified atom stereocenters. The Morgan fingerprint density at radius 3 is 3.11 bits per heavy atom. The summed E-state index contributed by atoms with van der Waals surface area (Å²) in [4.78, 5) is 28.8. The molecule has 1 aromatic heterocycles. The highest BCUT2D eigenvalue weighted by Crippen LogP contribution is 2.40. The Hall–Kier alpha value is -2.37. The van der Waals surface area contributed by atoms with Gasteiger partial charge in [-0.15, -0.1) is 0 Å². The van der Waals surface area contributed by atoms with E-state index in [-0.39, 0.29) is 12.5 Å². The maximum atomic E-state index is 12.3. The molecule has 0 aromatic carbocycles. The summed E-state index contributed by atoms with van der Waals surface area (Å²) in [6, 6.07) is 1.88. The van der Waals surface area contributed by atoms with Gasteiger partial charge < -0.3 is 15.3 Å². The second kappa shape index (κ2) is 3.81. The molecule has 2 aliphatic rings. The number of rotatable bonds is 0. The summed E-state index contributed by atoms with van der Waals surface area (Å²) in [6.07, 6.45) is 4.16. The molecule has 6 heteroatoms. The quantitative estimate of drug-likeness (QED) is 0.684. The molecule has 2 N–H and O–H groups in total. The number of amides is 2. The van der Waals surface area contributed by atoms with Gasteiger partial charge in [-0.1, -0.05) is 12.2 Å². The average molecular weight is 259 g/mol. The Kier molecular flexibility index (Phi) is 2.35. The van der Waals surface area contributed by atoms with Crippen molar-refractivity contribution in [3.8, 4) is 0 Å². The van der Waals surface area contributed by atoms with E-state index in [2.05, 4.69) is 10.3 Å². The minimum Gasteiger partial charge on any atom is -0.465 e. The van der Waals surface area contributed by atoms with Crippen molar-refractivity contribution in [1.82, 2.24) is 9.88 Å². The Balaban J connectivity index is 2.12. The van der Waals surface area contributed by atoms with Gasteiger partial charge in [-0.2, -0.15) is 0 Å². The number of hydrogen-bond acceptors (Lipinski definition) is 3. The van der Waals surface area contributed by atoms with Gasteiger partial charge in [-0.25, -0.2) is 9.78 Å². The molecule has 19 heavy (non-hydrogen) atoms. The lowest BCUT2D eigenvalue weighted by atomic mass is 9.79. The zero-order chi connectivity index (χ0) is 13.6. The first-order chi connectivity index (χ1) is 9.03. The fourth-order valence-electron chi connectivity index (χ4n) is 2.62. The molecular formula is C13H13N3O3. The number of pyridine rings is 1. The van der Waals surface area contributed by atoms with Crippen LogP contribution < -0.4 is 5.32 Å². The molecule has 0 bridgehead atoms. The molecule has 98 valence electrons. The third kappa shape index (κ3) is 1.60. The van der Waals surface area contributed by atoms with Crippen LogP contribution in [0.3, 0.4) is 0 Å². The largest absolute Gasteiger partial charge is 0.465 e. The first-order valence-electron chi connectivity index (χ1n) is 5.97. The predicted molar refractivity (Wildman–Crippen MR) is 68.0 cm³/mol. The fraction of sp³-hybridized carbons (Fsp3) is 0.308. The standard InChI is InChI=1S/C13H13N3O3/c1-8-5-9-10(14-6-8)15-11(17)13(9)3-2-4-16(7-13)12(18)19/h2-3,5-6H,4,7H2,1H3,(H,18,19)(H,14,15,17). The molecule has 3 heterocycles. The predicted octanol–water partition coefficient (Wildman–Crippen LogP) is 1.13. The van der Waals surface area contributed by atoms with Crippen molar-refractivity contribution in [3.63, 3.8) is 0 Å². The number of aromatic nitrogens is 1. The summed E-state index contributed by atoms with van der Waals surface area (Å²) < 4.78 is 0. The molecular weight excluding hydrogens is 246 g/mol. The van der Waals surface area contributed by atoms with Crippen LogP contribution in [0, 0.1) is 6.92 Å². The Bertz CT molecular complexity index is 611. The molecule has 0 saturated carbocycles. The van der Waals surface area contributed by atoms with Crippen molar-refractivity contribution >= 4 is 17.8 Å². The third-order valence-electron chi connectivity index (χ3n) is 3.58. The van der Waals surface area contributed by atoms with E-state index >= 15 is 0 Å². The van der Waals surface area contributed by atoms with E-state index in [0.29, 0.717) is 12.4 Å². The van der Waals surface area contributed by atoms with Crippen molar-refractivity contribution < 1.29 is 14.7 Å². The summed E-state index contributed by atoms with van der Waals surface area (Å²) in [5.41, 5.74) is 0.750. The zero-order valence-electron chi connectivity index (χ0n) is 10.4. The Labute approximate surface area is 109 Å². The van der Waals surface area contributed by atoms with Gasteiger partial charge in [0.25, 0.3) is 0 Å². The second-order valence-corrected chi connectivity index (χ2v) is 4.90. The fourth-order valence-corrected chi connectivity index (χ4v) is 2.62. The molecule has 2 amide bonds. The number of aryl methyl sites for hydroxylation is 1. The number of carboxylic acid groups (broad SMARTS) is 1. The number of hydrogen-bond donors (Lipinski definition) is 2. The lowest BCUT2D eigenvalue weighted by Crippen LogP contribution is -2.49. The van der Waals surface area contributed by atoms with Crippen LogP contribution in [0.2, 0.25) is 0 Å². The molecule has 0 fully saturated rings. The number of anilines is 1. The summed E-state index contributed by atoms with van der Waals surface area (Å²) in [6.45, 7) is 2.33. The van der Waals surface area contributed by atoms with E-state index in [1.54, 1.807) is 18.3 Å². The Morgan fingerprint density at radius 1 is 1.58 bits per heavy atom. The average Bonchev–Trinajstić information content (AvgIpc) is 2.63. The van der Waals surface area contributed by atoms with Crippen LogP contribution in [0.15, 0.2) is 24.4 Å². The molecule has 1 aromatic rings. The van der Waals surface area contributed by atoms with E-state index in [9.17, 15) is 9.59 Å². The van der Waals surface area contributed by atoms with Crippen LogP contribution in [0.4, 0.5) is 10.6 Å². The summed E-state index contributed by atoms with van der Waals surface area (Å²) in [7, 11) is 0. The van der Waals surface area contributed by atoms with E-state index in [4.69, 9.17) is 5.11 Å². The number of carbonyl (C=O) groups excluding carboxylic acids is 1. The molecule has 1 atom stereocenters. The third-order valence-corrected chi connectivity index (χ3v) is 3.58. The lowest BCUT2D eigenvalue weighted by molar-refractivity contribution is -0.119. The summed E-state index contributed by atoms with van der Waals surface area (Å²) in [5, 5.41) is 11.8. The number of carbonyl (C=O) groups is 2. The van der Waals surface area contributed by atoms with Crippen molar-refractivity contribution in [3.05, 3.63) is 35.5 Å². The minimum atomic E-state index is -1.02. The number of fused-ring (bicyclic) bond motifs is 2. The highest BCUT2D eigenvalue weighted by Gasteiger charge is 2.48. The van der Waals surface area contributed by atoms with Gasteiger partial charge in [0.05, 0.1) is 0 Å². The minimum absolute atomic E-state index is 0.128. The lowest BCUT2D eigenvalue weighted by Gasteiger charge is -2.33. The first-order valence-corrected chi connectivity index (χ1v) is 5.97. The van der Waals surface area contributed by atoms with E-state index in [1.807, 2.05) is 13.0 Å². The van der Waals surface area contributed by atoms with Crippen LogP contribution in [0.1, 0.15) is 11.1 Å². The zero-order valence-corrected chi connectivity index (χ0v) is 10.4. The van der Waals surface area contributed by atoms with Crippen molar-refractivity contribution in [1.29, 1.82) is 0 Å². The van der Waals surface area contributed by atoms with Gasteiger partial charge in [0.2, 0.25) is 5.91 Å². The monoisotopic (exact) mass is 259 g/mol. The highest BCUT2D eigenvalue weighted by atomic mass is 16.4. The number of nitrogens with one attached hydrogen (secondary N) is 1. The van der Waals surface area contributed by atoms with Gasteiger partial charge >= 0.3 is 6.09 Å². The smallest absolute Gasteiger partial charge is 0.407 e. The summed E-state index contributed by atoms with van der Waals surface area (Å²) in [5.74, 6) is 0.301. The van der Waals surface area contributed by atoms with Crippen LogP contribution in [-0.4, -0.2) is 40.1 Å². The van der Waals surface area contributed by atoms with Gasteiger partial charge in [-0.05, 0) is 18.6 Å². The maximum absolute atomic E-state index is 12.3. The highest BCUT2D eigenvalue weighted by molar-refractivity contribution is 6.07. The molecule has 3 rings (SSSR count). The van der Waals surface area contributed by atoms with Gasteiger partial charge in [0.1, 0.15) is 11.2 Å². The Morgan fingerprint density at radius 2 is 2.37 bits per heavy atom. The van der Waals surface area contributed by atoms with E-state index in [1.165, 1.54) is 4.90 Å². The van der Waals surface area contributed by atoms with Crippen LogP contribution in [0.5, 0.6) is 0 Å². The van der Waals surface area contributed by atoms with E-state index in [0.717, 1.165) is 11.1 Å². The maximum Gasteiger partial charge on any atom is 0.407 e. The topological polar surface area (TPSA) is 82.5 Å². The van der Waals surface area contributed by atoms with Crippen molar-refractivity contribution in [2.45, 2.75) is 12.3 Å². The molecule has 0 aliphatic carbocycles. The van der Waals surface area contributed by atoms with Crippen LogP contribution in [-0.2, 0) is 10.2 Å². The van der Waals surface area contributed by atoms with Crippen molar-refractivity contribution in [2.24, 2.45) is 0 Å². The number of nitrogens with zero attached hydrogens (tertiary/aromatic N) is 2. The van der Waals surface area contributed by atoms with Gasteiger partial charge in [0, 0.05) is 24.8 Å². The molecule has 0 radical (unpaired) electrons. The van der Waals surface area contributed by atoms with Crippen molar-refractivity contribution in [2.75, 3.05) is 18.4 Å². The SMILES string of the molecule is Cc1cnc2c(c1)C1(C=CCN(C(=O)O)C1)C(=O)N2.